The number of rotatable bonds is 9. The molecule has 0 aromatic rings. The van der Waals surface area contributed by atoms with Crippen LogP contribution in [0.25, 0.3) is 0 Å². The van der Waals surface area contributed by atoms with Crippen molar-refractivity contribution in [2.24, 2.45) is 10.9 Å². The summed E-state index contributed by atoms with van der Waals surface area (Å²) in [6.45, 7) is 8.34. The van der Waals surface area contributed by atoms with Crippen LogP contribution in [-0.2, 0) is 14.6 Å². The summed E-state index contributed by atoms with van der Waals surface area (Å²) < 4.78 is 22.8. The van der Waals surface area contributed by atoms with Crippen molar-refractivity contribution in [3.8, 4) is 0 Å². The zero-order chi connectivity index (χ0) is 18.0. The van der Waals surface area contributed by atoms with Crippen LogP contribution in [0.4, 0.5) is 0 Å². The highest BCUT2D eigenvalue weighted by molar-refractivity contribution is 7.91. The molecule has 0 aliphatic carbocycles. The van der Waals surface area contributed by atoms with Gasteiger partial charge in [0.05, 0.1) is 11.5 Å². The lowest BCUT2D eigenvalue weighted by atomic mass is 10.0. The summed E-state index contributed by atoms with van der Waals surface area (Å²) in [5, 5.41) is 9.12. The molecule has 1 rings (SSSR count). The van der Waals surface area contributed by atoms with Gasteiger partial charge >= 0.3 is 0 Å². The summed E-state index contributed by atoms with van der Waals surface area (Å²) >= 11 is 0. The number of sulfone groups is 1. The van der Waals surface area contributed by atoms with Gasteiger partial charge in [-0.2, -0.15) is 0 Å². The molecule has 1 fully saturated rings. The van der Waals surface area contributed by atoms with Gasteiger partial charge < -0.3 is 16.0 Å². The number of aliphatic imine (C=N–C) groups is 1. The van der Waals surface area contributed by atoms with Crippen LogP contribution in [-0.4, -0.2) is 57.5 Å². The Hall–Kier alpha value is -1.31. The highest BCUT2D eigenvalue weighted by Crippen LogP contribution is 2.11. The Morgan fingerprint density at radius 3 is 2.46 bits per heavy atom. The highest BCUT2D eigenvalue weighted by atomic mass is 32.2. The fourth-order valence-corrected chi connectivity index (χ4v) is 4.29. The molecule has 1 aliphatic heterocycles. The van der Waals surface area contributed by atoms with Gasteiger partial charge in [-0.1, -0.05) is 26.7 Å². The lowest BCUT2D eigenvalue weighted by Crippen LogP contribution is -2.41. The van der Waals surface area contributed by atoms with Crippen LogP contribution in [0.3, 0.4) is 0 Å². The summed E-state index contributed by atoms with van der Waals surface area (Å²) in [6.07, 6.45) is 3.02. The van der Waals surface area contributed by atoms with Gasteiger partial charge in [0.1, 0.15) is 0 Å². The number of nitrogens with one attached hydrogen (secondary N) is 3. The molecule has 0 radical (unpaired) electrons. The average Bonchev–Trinajstić information content (AvgIpc) is 2.86. The maximum Gasteiger partial charge on any atom is 0.222 e. The third-order valence-electron chi connectivity index (χ3n) is 4.25. The molecule has 0 aromatic carbocycles. The topological polar surface area (TPSA) is 99.7 Å². The van der Waals surface area contributed by atoms with Crippen LogP contribution < -0.4 is 16.0 Å². The van der Waals surface area contributed by atoms with Gasteiger partial charge in [-0.05, 0) is 19.3 Å². The van der Waals surface area contributed by atoms with Gasteiger partial charge in [-0.25, -0.2) is 8.42 Å². The van der Waals surface area contributed by atoms with E-state index in [4.69, 9.17) is 0 Å². The first-order valence-electron chi connectivity index (χ1n) is 8.92. The van der Waals surface area contributed by atoms with E-state index in [0.29, 0.717) is 25.3 Å². The van der Waals surface area contributed by atoms with Crippen LogP contribution in [0.5, 0.6) is 0 Å². The second-order valence-electron chi connectivity index (χ2n) is 6.25. The second kappa shape index (κ2) is 10.5. The third kappa shape index (κ3) is 7.99. The first-order valence-corrected chi connectivity index (χ1v) is 10.7. The number of carbonyl (C=O) groups excluding carboxylic acids is 1. The Labute approximate surface area is 146 Å². The number of hydrogen-bond donors (Lipinski definition) is 3. The van der Waals surface area contributed by atoms with E-state index in [2.05, 4.69) is 34.8 Å². The molecule has 7 nitrogen and oxygen atoms in total. The SMILES string of the molecule is CCNC(=NCC(CC)CC)NCCC(=O)NC1CCS(=O)(=O)C1. The van der Waals surface area contributed by atoms with Crippen molar-refractivity contribution in [1.29, 1.82) is 0 Å². The summed E-state index contributed by atoms with van der Waals surface area (Å²) in [4.78, 5) is 16.5. The zero-order valence-corrected chi connectivity index (χ0v) is 15.9. The van der Waals surface area contributed by atoms with Crippen LogP contribution in [0, 0.1) is 5.92 Å². The van der Waals surface area contributed by atoms with E-state index in [-0.39, 0.29) is 23.5 Å². The van der Waals surface area contributed by atoms with E-state index in [1.54, 1.807) is 0 Å². The molecule has 140 valence electrons. The Balaban J connectivity index is 2.33. The van der Waals surface area contributed by atoms with Gasteiger partial charge in [0, 0.05) is 32.1 Å². The molecular weight excluding hydrogens is 328 g/mol. The summed E-state index contributed by atoms with van der Waals surface area (Å²) in [7, 11) is -2.96. The van der Waals surface area contributed by atoms with E-state index in [1.807, 2.05) is 6.92 Å². The number of carbonyl (C=O) groups is 1. The normalized spacial score (nSPS) is 20.2. The van der Waals surface area contributed by atoms with E-state index in [1.165, 1.54) is 0 Å². The molecule has 24 heavy (non-hydrogen) atoms. The van der Waals surface area contributed by atoms with Crippen molar-refractivity contribution in [1.82, 2.24) is 16.0 Å². The largest absolute Gasteiger partial charge is 0.357 e. The number of hydrogen-bond acceptors (Lipinski definition) is 4. The standard InChI is InChI=1S/C16H32N4O3S/c1-4-13(5-2)11-19-16(17-6-3)18-9-7-15(21)20-14-8-10-24(22,23)12-14/h13-14H,4-12H2,1-3H3,(H,20,21)(H2,17,18,19). The van der Waals surface area contributed by atoms with Crippen LogP contribution in [0.2, 0.25) is 0 Å². The Morgan fingerprint density at radius 2 is 1.92 bits per heavy atom. The molecule has 0 aromatic heterocycles. The van der Waals surface area contributed by atoms with Crippen molar-refractivity contribution in [3.63, 3.8) is 0 Å². The Bertz CT molecular complexity index is 515. The van der Waals surface area contributed by atoms with E-state index < -0.39 is 9.84 Å². The minimum atomic E-state index is -2.96. The quantitative estimate of drug-likeness (QED) is 0.415. The fourth-order valence-electron chi connectivity index (χ4n) is 2.61. The predicted molar refractivity (Wildman–Crippen MR) is 97.9 cm³/mol. The molecule has 3 N–H and O–H groups in total. The van der Waals surface area contributed by atoms with E-state index in [0.717, 1.165) is 31.9 Å². The molecular formula is C16H32N4O3S. The fraction of sp³-hybridized carbons (Fsp3) is 0.875. The number of amides is 1. The number of guanidine groups is 1. The van der Waals surface area contributed by atoms with Gasteiger partial charge in [-0.15, -0.1) is 0 Å². The van der Waals surface area contributed by atoms with Gasteiger partial charge in [0.2, 0.25) is 5.91 Å². The maximum absolute atomic E-state index is 11.9. The average molecular weight is 361 g/mol. The minimum absolute atomic E-state index is 0.0612. The molecule has 1 heterocycles. The van der Waals surface area contributed by atoms with Crippen LogP contribution in [0.1, 0.15) is 46.5 Å². The lowest BCUT2D eigenvalue weighted by Gasteiger charge is -2.14. The van der Waals surface area contributed by atoms with Crippen LogP contribution in [0.15, 0.2) is 4.99 Å². The van der Waals surface area contributed by atoms with Gasteiger partial charge in [-0.3, -0.25) is 9.79 Å². The van der Waals surface area contributed by atoms with Gasteiger partial charge in [0.15, 0.2) is 15.8 Å². The molecule has 1 unspecified atom stereocenters. The van der Waals surface area contributed by atoms with Crippen molar-refractivity contribution in [2.75, 3.05) is 31.1 Å². The minimum Gasteiger partial charge on any atom is -0.357 e. The predicted octanol–water partition coefficient (Wildman–Crippen LogP) is 0.671. The molecule has 1 amide bonds. The maximum atomic E-state index is 11.9. The first kappa shape index (κ1) is 20.7. The highest BCUT2D eigenvalue weighted by Gasteiger charge is 2.28. The zero-order valence-electron chi connectivity index (χ0n) is 15.1. The Kier molecular flexibility index (Phi) is 9.10. The lowest BCUT2D eigenvalue weighted by molar-refractivity contribution is -0.121. The second-order valence-corrected chi connectivity index (χ2v) is 8.48. The third-order valence-corrected chi connectivity index (χ3v) is 6.02. The smallest absolute Gasteiger partial charge is 0.222 e. The van der Waals surface area contributed by atoms with Gasteiger partial charge in [0.25, 0.3) is 0 Å². The molecule has 8 heteroatoms. The van der Waals surface area contributed by atoms with Crippen LogP contribution >= 0.6 is 0 Å². The number of nitrogens with zero attached hydrogens (tertiary/aromatic N) is 1. The summed E-state index contributed by atoms with van der Waals surface area (Å²) in [5.41, 5.74) is 0. The molecule has 1 aliphatic rings. The first-order chi connectivity index (χ1) is 11.4. The van der Waals surface area contributed by atoms with E-state index in [9.17, 15) is 13.2 Å². The van der Waals surface area contributed by atoms with Crippen molar-refractivity contribution >= 4 is 21.7 Å². The molecule has 0 spiro atoms. The molecule has 1 atom stereocenters. The van der Waals surface area contributed by atoms with E-state index >= 15 is 0 Å². The molecule has 1 saturated heterocycles. The molecule has 0 saturated carbocycles. The summed E-state index contributed by atoms with van der Waals surface area (Å²) in [5.74, 6) is 1.41. The van der Waals surface area contributed by atoms with Crippen molar-refractivity contribution in [2.45, 2.75) is 52.5 Å². The van der Waals surface area contributed by atoms with Crippen molar-refractivity contribution in [3.05, 3.63) is 0 Å². The molecule has 0 bridgehead atoms. The Morgan fingerprint density at radius 1 is 1.21 bits per heavy atom. The monoisotopic (exact) mass is 360 g/mol. The van der Waals surface area contributed by atoms with Crippen molar-refractivity contribution < 1.29 is 13.2 Å². The summed E-state index contributed by atoms with van der Waals surface area (Å²) in [6, 6.07) is -0.237.